The van der Waals surface area contributed by atoms with E-state index in [-0.39, 0.29) is 0 Å². The summed E-state index contributed by atoms with van der Waals surface area (Å²) >= 11 is 0. The Morgan fingerprint density at radius 1 is 1.25 bits per heavy atom. The Bertz CT molecular complexity index is 296. The molecule has 2 rings (SSSR count). The van der Waals surface area contributed by atoms with Crippen molar-refractivity contribution < 1.29 is 4.74 Å². The van der Waals surface area contributed by atoms with Crippen molar-refractivity contribution >= 4 is 0 Å². The van der Waals surface area contributed by atoms with Crippen molar-refractivity contribution in [2.24, 2.45) is 11.3 Å². The molecule has 1 aliphatic carbocycles. The van der Waals surface area contributed by atoms with E-state index in [2.05, 4.69) is 33.0 Å². The zero-order valence-corrected chi connectivity index (χ0v) is 14.1. The largest absolute Gasteiger partial charge is 0.372 e. The maximum absolute atomic E-state index is 6.51. The molecule has 1 saturated carbocycles. The molecular formula is C18H35NO. The first-order valence-corrected chi connectivity index (χ1v) is 8.85. The maximum atomic E-state index is 6.51. The van der Waals surface area contributed by atoms with Crippen LogP contribution >= 0.6 is 0 Å². The van der Waals surface area contributed by atoms with E-state index in [1.54, 1.807) is 0 Å². The van der Waals surface area contributed by atoms with Crippen LogP contribution in [-0.2, 0) is 4.74 Å². The number of nitrogens with one attached hydrogen (secondary N) is 1. The predicted molar refractivity (Wildman–Crippen MR) is 86.0 cm³/mol. The van der Waals surface area contributed by atoms with Gasteiger partial charge in [-0.1, -0.05) is 40.5 Å². The second-order valence-corrected chi connectivity index (χ2v) is 8.06. The van der Waals surface area contributed by atoms with Gasteiger partial charge < -0.3 is 10.1 Å². The first kappa shape index (κ1) is 16.3. The standard InChI is InChI=1S/C18H35NO/c1-5-17(4,14-19-13-15(2)3)12-16-8-11-18(20-16)9-6-7-10-18/h15-16,19H,5-14H2,1-4H3. The van der Waals surface area contributed by atoms with Gasteiger partial charge in [-0.3, -0.25) is 0 Å². The van der Waals surface area contributed by atoms with E-state index in [0.717, 1.165) is 19.0 Å². The summed E-state index contributed by atoms with van der Waals surface area (Å²) in [4.78, 5) is 0. The quantitative estimate of drug-likeness (QED) is 0.740. The summed E-state index contributed by atoms with van der Waals surface area (Å²) in [5, 5.41) is 3.66. The topological polar surface area (TPSA) is 21.3 Å². The Hall–Kier alpha value is -0.0800. The zero-order valence-electron chi connectivity index (χ0n) is 14.1. The van der Waals surface area contributed by atoms with Crippen LogP contribution in [-0.4, -0.2) is 24.8 Å². The van der Waals surface area contributed by atoms with Crippen LogP contribution in [0.5, 0.6) is 0 Å². The van der Waals surface area contributed by atoms with Crippen LogP contribution in [0.15, 0.2) is 0 Å². The molecule has 2 nitrogen and oxygen atoms in total. The fraction of sp³-hybridized carbons (Fsp3) is 1.00. The van der Waals surface area contributed by atoms with Crippen LogP contribution in [0.3, 0.4) is 0 Å². The van der Waals surface area contributed by atoms with Crippen molar-refractivity contribution in [3.8, 4) is 0 Å². The maximum Gasteiger partial charge on any atom is 0.0687 e. The van der Waals surface area contributed by atoms with Crippen molar-refractivity contribution in [3.63, 3.8) is 0 Å². The van der Waals surface area contributed by atoms with Gasteiger partial charge in [0.25, 0.3) is 0 Å². The van der Waals surface area contributed by atoms with Gasteiger partial charge in [-0.2, -0.15) is 0 Å². The van der Waals surface area contributed by atoms with Crippen LogP contribution < -0.4 is 5.32 Å². The Labute approximate surface area is 126 Å². The molecule has 2 fully saturated rings. The van der Waals surface area contributed by atoms with Crippen molar-refractivity contribution in [3.05, 3.63) is 0 Å². The minimum absolute atomic E-state index is 0.296. The zero-order chi connectivity index (χ0) is 14.6. The third-order valence-corrected chi connectivity index (χ3v) is 5.53. The van der Waals surface area contributed by atoms with E-state index >= 15 is 0 Å². The number of hydrogen-bond donors (Lipinski definition) is 1. The van der Waals surface area contributed by atoms with Crippen molar-refractivity contribution in [2.45, 2.75) is 90.8 Å². The molecule has 0 bridgehead atoms. The van der Waals surface area contributed by atoms with Gasteiger partial charge in [0.15, 0.2) is 0 Å². The predicted octanol–water partition coefficient (Wildman–Crippen LogP) is 4.53. The van der Waals surface area contributed by atoms with Crippen LogP contribution in [0.1, 0.15) is 79.1 Å². The molecule has 1 aliphatic heterocycles. The Morgan fingerprint density at radius 3 is 2.55 bits per heavy atom. The molecular weight excluding hydrogens is 246 g/mol. The highest BCUT2D eigenvalue weighted by Gasteiger charge is 2.43. The van der Waals surface area contributed by atoms with Crippen molar-refractivity contribution in [1.29, 1.82) is 0 Å². The second-order valence-electron chi connectivity index (χ2n) is 8.06. The summed E-state index contributed by atoms with van der Waals surface area (Å²) in [7, 11) is 0. The van der Waals surface area contributed by atoms with E-state index in [1.807, 2.05) is 0 Å². The normalized spacial score (nSPS) is 28.4. The lowest BCUT2D eigenvalue weighted by Crippen LogP contribution is -2.36. The molecule has 2 aliphatic rings. The molecule has 2 unspecified atom stereocenters. The highest BCUT2D eigenvalue weighted by atomic mass is 16.5. The molecule has 0 aromatic rings. The molecule has 0 radical (unpaired) electrons. The smallest absolute Gasteiger partial charge is 0.0687 e. The average molecular weight is 281 g/mol. The molecule has 0 aromatic heterocycles. The monoisotopic (exact) mass is 281 g/mol. The van der Waals surface area contributed by atoms with Crippen LogP contribution in [0.4, 0.5) is 0 Å². The van der Waals surface area contributed by atoms with Crippen LogP contribution in [0, 0.1) is 11.3 Å². The van der Waals surface area contributed by atoms with Crippen LogP contribution in [0.25, 0.3) is 0 Å². The Balaban J connectivity index is 1.80. The lowest BCUT2D eigenvalue weighted by molar-refractivity contribution is -0.0522. The summed E-state index contributed by atoms with van der Waals surface area (Å²) < 4.78 is 6.51. The first-order chi connectivity index (χ1) is 9.47. The lowest BCUT2D eigenvalue weighted by Gasteiger charge is -2.33. The van der Waals surface area contributed by atoms with E-state index in [4.69, 9.17) is 4.74 Å². The van der Waals surface area contributed by atoms with E-state index in [1.165, 1.54) is 51.4 Å². The second kappa shape index (κ2) is 6.79. The first-order valence-electron chi connectivity index (χ1n) is 8.85. The molecule has 2 heteroatoms. The van der Waals surface area contributed by atoms with E-state index in [0.29, 0.717) is 17.1 Å². The van der Waals surface area contributed by atoms with Gasteiger partial charge >= 0.3 is 0 Å². The van der Waals surface area contributed by atoms with Crippen LogP contribution in [0.2, 0.25) is 0 Å². The summed E-state index contributed by atoms with van der Waals surface area (Å²) in [6, 6.07) is 0. The SMILES string of the molecule is CCC(C)(CNCC(C)C)CC1CCC2(CCCC2)O1. The fourth-order valence-electron chi connectivity index (χ4n) is 3.98. The number of hydrogen-bond acceptors (Lipinski definition) is 2. The molecule has 1 heterocycles. The summed E-state index contributed by atoms with van der Waals surface area (Å²) in [5.74, 6) is 0.737. The minimum atomic E-state index is 0.296. The third-order valence-electron chi connectivity index (χ3n) is 5.53. The van der Waals surface area contributed by atoms with Gasteiger partial charge in [-0.05, 0) is 56.4 Å². The van der Waals surface area contributed by atoms with Crippen molar-refractivity contribution in [1.82, 2.24) is 5.32 Å². The lowest BCUT2D eigenvalue weighted by atomic mass is 9.81. The van der Waals surface area contributed by atoms with Gasteiger partial charge in [0, 0.05) is 6.54 Å². The van der Waals surface area contributed by atoms with Gasteiger partial charge in [0.1, 0.15) is 0 Å². The van der Waals surface area contributed by atoms with E-state index in [9.17, 15) is 0 Å². The van der Waals surface area contributed by atoms with Crippen molar-refractivity contribution in [2.75, 3.05) is 13.1 Å². The third kappa shape index (κ3) is 4.21. The van der Waals surface area contributed by atoms with E-state index < -0.39 is 0 Å². The molecule has 0 aromatic carbocycles. The Morgan fingerprint density at radius 2 is 1.95 bits per heavy atom. The minimum Gasteiger partial charge on any atom is -0.372 e. The molecule has 1 N–H and O–H groups in total. The molecule has 0 amide bonds. The van der Waals surface area contributed by atoms with Gasteiger partial charge in [-0.25, -0.2) is 0 Å². The number of ether oxygens (including phenoxy) is 1. The molecule has 1 spiro atoms. The van der Waals surface area contributed by atoms with Gasteiger partial charge in [0.2, 0.25) is 0 Å². The van der Waals surface area contributed by atoms with Gasteiger partial charge in [0.05, 0.1) is 11.7 Å². The molecule has 1 saturated heterocycles. The summed E-state index contributed by atoms with van der Waals surface area (Å²) in [5.41, 5.74) is 0.689. The average Bonchev–Trinajstić information content (AvgIpc) is 3.00. The highest BCUT2D eigenvalue weighted by molar-refractivity contribution is 4.94. The summed E-state index contributed by atoms with van der Waals surface area (Å²) in [6.07, 6.45) is 11.0. The van der Waals surface area contributed by atoms with Gasteiger partial charge in [-0.15, -0.1) is 0 Å². The Kier molecular flexibility index (Phi) is 5.53. The highest BCUT2D eigenvalue weighted by Crippen LogP contribution is 2.45. The fourth-order valence-corrected chi connectivity index (χ4v) is 3.98. The summed E-state index contributed by atoms with van der Waals surface area (Å²) in [6.45, 7) is 11.6. The molecule has 2 atom stereocenters. The molecule has 20 heavy (non-hydrogen) atoms. The molecule has 118 valence electrons. The number of rotatable bonds is 7.